The highest BCUT2D eigenvalue weighted by molar-refractivity contribution is 4.76. The summed E-state index contributed by atoms with van der Waals surface area (Å²) in [5, 5.41) is 9.68. The second-order valence-electron chi connectivity index (χ2n) is 3.38. The summed E-state index contributed by atoms with van der Waals surface area (Å²) in [6.07, 6.45) is -0.785. The van der Waals surface area contributed by atoms with Crippen LogP contribution in [0.25, 0.3) is 0 Å². The van der Waals surface area contributed by atoms with Gasteiger partial charge in [0.2, 0.25) is 0 Å². The molecule has 0 saturated heterocycles. The largest absolute Gasteiger partial charge is 0.390 e. The number of rotatable bonds is 5. The summed E-state index contributed by atoms with van der Waals surface area (Å²) in [5.41, 5.74) is 0. The summed E-state index contributed by atoms with van der Waals surface area (Å²) >= 11 is 0. The Labute approximate surface area is 88.4 Å². The van der Waals surface area contributed by atoms with Crippen molar-refractivity contribution in [3.05, 3.63) is 0 Å². The third-order valence-electron chi connectivity index (χ3n) is 2.13. The predicted octanol–water partition coefficient (Wildman–Crippen LogP) is 2.08. The molecule has 0 spiro atoms. The van der Waals surface area contributed by atoms with Gasteiger partial charge in [-0.05, 0) is 12.8 Å². The smallest absolute Gasteiger partial charge is 0.109 e. The summed E-state index contributed by atoms with van der Waals surface area (Å²) in [7, 11) is 3.20. The van der Waals surface area contributed by atoms with Gasteiger partial charge in [0, 0.05) is 14.2 Å². The van der Waals surface area contributed by atoms with Crippen molar-refractivity contribution in [3.8, 4) is 0 Å². The Balaban J connectivity index is 0. The van der Waals surface area contributed by atoms with Crippen LogP contribution in [0.5, 0.6) is 0 Å². The molecule has 3 atom stereocenters. The highest BCUT2D eigenvalue weighted by Gasteiger charge is 2.27. The normalized spacial score (nSPS) is 16.9. The highest BCUT2D eigenvalue weighted by atomic mass is 16.5. The standard InChI is InChI=1S/C9H20O3.C2H6/c1-6(2)8(10)9(12-5)7(3)11-4;1-2/h6-10H,1-5H3;1-2H3/t7-,8?,9?;/m1./s1. The summed E-state index contributed by atoms with van der Waals surface area (Å²) in [5.74, 6) is 0.188. The van der Waals surface area contributed by atoms with Crippen molar-refractivity contribution in [3.63, 3.8) is 0 Å². The second-order valence-corrected chi connectivity index (χ2v) is 3.38. The van der Waals surface area contributed by atoms with Gasteiger partial charge in [-0.25, -0.2) is 0 Å². The molecule has 3 nitrogen and oxygen atoms in total. The minimum atomic E-state index is -0.468. The van der Waals surface area contributed by atoms with Gasteiger partial charge in [0.25, 0.3) is 0 Å². The number of ether oxygens (including phenoxy) is 2. The molecule has 1 N–H and O–H groups in total. The Morgan fingerprint density at radius 2 is 1.36 bits per heavy atom. The van der Waals surface area contributed by atoms with Crippen LogP contribution in [0.15, 0.2) is 0 Å². The maximum Gasteiger partial charge on any atom is 0.109 e. The maximum absolute atomic E-state index is 9.68. The molecule has 0 radical (unpaired) electrons. The molecule has 0 aromatic rings. The van der Waals surface area contributed by atoms with Crippen LogP contribution in [0.2, 0.25) is 0 Å². The fourth-order valence-electron chi connectivity index (χ4n) is 1.12. The minimum Gasteiger partial charge on any atom is -0.390 e. The van der Waals surface area contributed by atoms with Crippen LogP contribution in [0.3, 0.4) is 0 Å². The van der Waals surface area contributed by atoms with E-state index in [4.69, 9.17) is 9.47 Å². The van der Waals surface area contributed by atoms with Crippen molar-refractivity contribution < 1.29 is 14.6 Å². The fraction of sp³-hybridized carbons (Fsp3) is 1.00. The monoisotopic (exact) mass is 206 g/mol. The van der Waals surface area contributed by atoms with E-state index in [-0.39, 0.29) is 18.1 Å². The van der Waals surface area contributed by atoms with Gasteiger partial charge in [-0.1, -0.05) is 27.7 Å². The molecule has 0 aromatic carbocycles. The minimum absolute atomic E-state index is 0.0765. The average Bonchev–Trinajstić information content (AvgIpc) is 2.21. The Hall–Kier alpha value is -0.120. The number of hydrogen-bond donors (Lipinski definition) is 1. The van der Waals surface area contributed by atoms with Gasteiger partial charge in [-0.3, -0.25) is 0 Å². The summed E-state index contributed by atoms with van der Waals surface area (Å²) < 4.78 is 10.2. The SMILES string of the molecule is CC.COC(C(O)C(C)C)[C@@H](C)OC. The van der Waals surface area contributed by atoms with E-state index in [1.54, 1.807) is 14.2 Å². The lowest BCUT2D eigenvalue weighted by Gasteiger charge is -2.28. The predicted molar refractivity (Wildman–Crippen MR) is 59.5 cm³/mol. The lowest BCUT2D eigenvalue weighted by Crippen LogP contribution is -2.41. The number of hydrogen-bond acceptors (Lipinski definition) is 3. The van der Waals surface area contributed by atoms with E-state index in [2.05, 4.69) is 0 Å². The van der Waals surface area contributed by atoms with Crippen molar-refractivity contribution in [1.82, 2.24) is 0 Å². The lowest BCUT2D eigenvalue weighted by molar-refractivity contribution is -0.101. The first-order valence-electron chi connectivity index (χ1n) is 5.28. The molecule has 0 saturated carbocycles. The van der Waals surface area contributed by atoms with Gasteiger partial charge in [0.15, 0.2) is 0 Å². The molecule has 3 heteroatoms. The summed E-state index contributed by atoms with van der Waals surface area (Å²) in [6.45, 7) is 9.80. The number of aliphatic hydroxyl groups excluding tert-OH is 1. The third kappa shape index (κ3) is 5.58. The number of methoxy groups -OCH3 is 2. The molecule has 0 amide bonds. The van der Waals surface area contributed by atoms with E-state index in [1.165, 1.54) is 0 Å². The van der Waals surface area contributed by atoms with Crippen LogP contribution in [0.1, 0.15) is 34.6 Å². The van der Waals surface area contributed by atoms with Crippen LogP contribution in [-0.4, -0.2) is 37.6 Å². The second kappa shape index (κ2) is 9.44. The molecular weight excluding hydrogens is 180 g/mol. The van der Waals surface area contributed by atoms with Crippen LogP contribution in [0, 0.1) is 5.92 Å². The molecule has 0 heterocycles. The van der Waals surface area contributed by atoms with E-state index in [9.17, 15) is 5.11 Å². The molecular formula is C11H26O3. The molecule has 0 bridgehead atoms. The Bertz CT molecular complexity index is 115. The van der Waals surface area contributed by atoms with Crippen LogP contribution >= 0.6 is 0 Å². The molecule has 0 fully saturated rings. The van der Waals surface area contributed by atoms with Crippen molar-refractivity contribution in [2.45, 2.75) is 52.9 Å². The van der Waals surface area contributed by atoms with Crippen molar-refractivity contribution >= 4 is 0 Å². The van der Waals surface area contributed by atoms with Crippen molar-refractivity contribution in [2.24, 2.45) is 5.92 Å². The first kappa shape index (κ1) is 16.3. The molecule has 0 rings (SSSR count). The van der Waals surface area contributed by atoms with Crippen LogP contribution < -0.4 is 0 Å². The summed E-state index contributed by atoms with van der Waals surface area (Å²) in [4.78, 5) is 0. The van der Waals surface area contributed by atoms with E-state index < -0.39 is 6.10 Å². The van der Waals surface area contributed by atoms with Gasteiger partial charge < -0.3 is 14.6 Å². The lowest BCUT2D eigenvalue weighted by atomic mass is 9.98. The van der Waals surface area contributed by atoms with E-state index in [0.717, 1.165) is 0 Å². The molecule has 0 aliphatic heterocycles. The summed E-state index contributed by atoms with van der Waals surface area (Å²) in [6, 6.07) is 0. The van der Waals surface area contributed by atoms with E-state index in [1.807, 2.05) is 34.6 Å². The maximum atomic E-state index is 9.68. The Morgan fingerprint density at radius 1 is 0.929 bits per heavy atom. The Kier molecular flexibility index (Phi) is 11.0. The zero-order valence-corrected chi connectivity index (χ0v) is 10.6. The number of aliphatic hydroxyl groups is 1. The van der Waals surface area contributed by atoms with Crippen LogP contribution in [-0.2, 0) is 9.47 Å². The topological polar surface area (TPSA) is 38.7 Å². The van der Waals surface area contributed by atoms with Gasteiger partial charge in [-0.15, -0.1) is 0 Å². The molecule has 0 aromatic heterocycles. The average molecular weight is 206 g/mol. The third-order valence-corrected chi connectivity index (χ3v) is 2.13. The Morgan fingerprint density at radius 3 is 1.57 bits per heavy atom. The van der Waals surface area contributed by atoms with Crippen molar-refractivity contribution in [2.75, 3.05) is 14.2 Å². The molecule has 0 aliphatic rings. The first-order valence-corrected chi connectivity index (χ1v) is 5.28. The van der Waals surface area contributed by atoms with Gasteiger partial charge in [-0.2, -0.15) is 0 Å². The molecule has 2 unspecified atom stereocenters. The van der Waals surface area contributed by atoms with Gasteiger partial charge in [0.05, 0.1) is 12.2 Å². The van der Waals surface area contributed by atoms with Gasteiger partial charge in [0.1, 0.15) is 6.10 Å². The zero-order valence-electron chi connectivity index (χ0n) is 10.6. The molecule has 14 heavy (non-hydrogen) atoms. The fourth-order valence-corrected chi connectivity index (χ4v) is 1.12. The van der Waals surface area contributed by atoms with Crippen molar-refractivity contribution in [1.29, 1.82) is 0 Å². The quantitative estimate of drug-likeness (QED) is 0.748. The van der Waals surface area contributed by atoms with E-state index >= 15 is 0 Å². The van der Waals surface area contributed by atoms with E-state index in [0.29, 0.717) is 0 Å². The first-order chi connectivity index (χ1) is 6.54. The van der Waals surface area contributed by atoms with Gasteiger partial charge >= 0.3 is 0 Å². The molecule has 88 valence electrons. The molecule has 0 aliphatic carbocycles. The zero-order chi connectivity index (χ0) is 11.7. The van der Waals surface area contributed by atoms with Crippen LogP contribution in [0.4, 0.5) is 0 Å². The highest BCUT2D eigenvalue weighted by Crippen LogP contribution is 2.13.